The maximum atomic E-state index is 12.3. The average Bonchev–Trinajstić information content (AvgIpc) is 3.18. The SMILES string of the molecule is Cc1cccc(C)c1OCCCCn1c(CCNC(=O)c2ccncc2)nc2ccccc21. The highest BCUT2D eigenvalue weighted by molar-refractivity contribution is 5.93. The first-order chi connectivity index (χ1) is 16.1. The summed E-state index contributed by atoms with van der Waals surface area (Å²) in [6.07, 6.45) is 5.86. The van der Waals surface area contributed by atoms with Crippen molar-refractivity contribution in [3.63, 3.8) is 0 Å². The van der Waals surface area contributed by atoms with Gasteiger partial charge in [0.2, 0.25) is 0 Å². The van der Waals surface area contributed by atoms with Crippen molar-refractivity contribution >= 4 is 16.9 Å². The van der Waals surface area contributed by atoms with Crippen molar-refractivity contribution in [2.75, 3.05) is 13.2 Å². The van der Waals surface area contributed by atoms with Crippen LogP contribution in [0, 0.1) is 13.8 Å². The first-order valence-electron chi connectivity index (χ1n) is 11.4. The van der Waals surface area contributed by atoms with Crippen molar-refractivity contribution in [3.8, 4) is 5.75 Å². The van der Waals surface area contributed by atoms with Crippen LogP contribution in [0.1, 0.15) is 40.2 Å². The molecule has 1 N–H and O–H groups in total. The summed E-state index contributed by atoms with van der Waals surface area (Å²) < 4.78 is 8.33. The van der Waals surface area contributed by atoms with E-state index in [4.69, 9.17) is 9.72 Å². The second-order valence-corrected chi connectivity index (χ2v) is 8.19. The molecule has 6 nitrogen and oxygen atoms in total. The molecule has 0 radical (unpaired) electrons. The number of hydrogen-bond acceptors (Lipinski definition) is 4. The lowest BCUT2D eigenvalue weighted by Gasteiger charge is -2.13. The number of nitrogens with zero attached hydrogens (tertiary/aromatic N) is 3. The molecular weight excluding hydrogens is 412 g/mol. The van der Waals surface area contributed by atoms with Gasteiger partial charge in [0.15, 0.2) is 0 Å². The van der Waals surface area contributed by atoms with Gasteiger partial charge in [0, 0.05) is 37.5 Å². The van der Waals surface area contributed by atoms with E-state index in [1.807, 2.05) is 18.2 Å². The molecule has 0 bridgehead atoms. The predicted octanol–water partition coefficient (Wildman–Crippen LogP) is 4.88. The molecule has 6 heteroatoms. The van der Waals surface area contributed by atoms with Gasteiger partial charge < -0.3 is 14.6 Å². The number of pyridine rings is 1. The van der Waals surface area contributed by atoms with E-state index in [1.165, 1.54) is 11.1 Å². The Kier molecular flexibility index (Phi) is 7.35. The summed E-state index contributed by atoms with van der Waals surface area (Å²) in [4.78, 5) is 21.1. The third kappa shape index (κ3) is 5.58. The third-order valence-electron chi connectivity index (χ3n) is 5.74. The lowest BCUT2D eigenvalue weighted by atomic mass is 10.1. The number of amides is 1. The van der Waals surface area contributed by atoms with Crippen LogP contribution in [0.15, 0.2) is 67.0 Å². The van der Waals surface area contributed by atoms with E-state index in [0.717, 1.165) is 42.0 Å². The molecule has 0 spiro atoms. The van der Waals surface area contributed by atoms with Crippen LogP contribution in [-0.2, 0) is 13.0 Å². The van der Waals surface area contributed by atoms with Crippen molar-refractivity contribution in [3.05, 3.63) is 89.5 Å². The zero-order valence-corrected chi connectivity index (χ0v) is 19.3. The van der Waals surface area contributed by atoms with Crippen molar-refractivity contribution in [2.24, 2.45) is 0 Å². The Hall–Kier alpha value is -3.67. The smallest absolute Gasteiger partial charge is 0.251 e. The van der Waals surface area contributed by atoms with E-state index in [0.29, 0.717) is 25.1 Å². The van der Waals surface area contributed by atoms with E-state index in [1.54, 1.807) is 24.5 Å². The van der Waals surface area contributed by atoms with Crippen LogP contribution < -0.4 is 10.1 Å². The number of benzene rings is 2. The summed E-state index contributed by atoms with van der Waals surface area (Å²) in [5.41, 5.74) is 5.07. The molecule has 0 aliphatic rings. The van der Waals surface area contributed by atoms with Crippen LogP contribution in [0.2, 0.25) is 0 Å². The maximum absolute atomic E-state index is 12.3. The van der Waals surface area contributed by atoms with Gasteiger partial charge in [-0.25, -0.2) is 4.98 Å². The quantitative estimate of drug-likeness (QED) is 0.356. The normalized spacial score (nSPS) is 11.0. The summed E-state index contributed by atoms with van der Waals surface area (Å²) in [6.45, 7) is 6.25. The van der Waals surface area contributed by atoms with Crippen molar-refractivity contribution in [1.29, 1.82) is 0 Å². The second-order valence-electron chi connectivity index (χ2n) is 8.19. The zero-order valence-electron chi connectivity index (χ0n) is 19.3. The number of ether oxygens (including phenoxy) is 1. The number of aryl methyl sites for hydroxylation is 3. The number of carbonyl (C=O) groups excluding carboxylic acids is 1. The molecule has 1 amide bonds. The number of fused-ring (bicyclic) bond motifs is 1. The minimum absolute atomic E-state index is 0.0938. The minimum atomic E-state index is -0.0938. The highest BCUT2D eigenvalue weighted by atomic mass is 16.5. The van der Waals surface area contributed by atoms with Crippen LogP contribution in [-0.4, -0.2) is 33.6 Å². The third-order valence-corrected chi connectivity index (χ3v) is 5.74. The van der Waals surface area contributed by atoms with Gasteiger partial charge in [-0.15, -0.1) is 0 Å². The fraction of sp³-hybridized carbons (Fsp3) is 0.296. The molecule has 2 aromatic heterocycles. The molecule has 2 aromatic carbocycles. The van der Waals surface area contributed by atoms with Gasteiger partial charge in [-0.05, 0) is 62.1 Å². The van der Waals surface area contributed by atoms with Gasteiger partial charge in [0.25, 0.3) is 5.91 Å². The Labute approximate surface area is 194 Å². The highest BCUT2D eigenvalue weighted by Crippen LogP contribution is 2.23. The van der Waals surface area contributed by atoms with Crippen molar-refractivity contribution in [2.45, 2.75) is 39.7 Å². The summed E-state index contributed by atoms with van der Waals surface area (Å²) in [5.74, 6) is 1.89. The summed E-state index contributed by atoms with van der Waals surface area (Å²) in [6, 6.07) is 17.8. The van der Waals surface area contributed by atoms with Crippen LogP contribution >= 0.6 is 0 Å². The number of nitrogens with one attached hydrogen (secondary N) is 1. The molecule has 0 saturated carbocycles. The van der Waals surface area contributed by atoms with E-state index in [2.05, 4.69) is 53.0 Å². The standard InChI is InChI=1S/C27H30N4O2/c1-20-8-7-9-21(2)26(20)33-19-6-5-18-31-24-11-4-3-10-23(24)30-25(31)14-17-29-27(32)22-12-15-28-16-13-22/h3-4,7-13,15-16H,5-6,14,17-19H2,1-2H3,(H,29,32). The molecule has 33 heavy (non-hydrogen) atoms. The van der Waals surface area contributed by atoms with Crippen LogP contribution in [0.4, 0.5) is 0 Å². The molecule has 0 fully saturated rings. The lowest BCUT2D eigenvalue weighted by Crippen LogP contribution is -2.26. The number of imidazole rings is 1. The van der Waals surface area contributed by atoms with Gasteiger partial charge >= 0.3 is 0 Å². The van der Waals surface area contributed by atoms with E-state index in [-0.39, 0.29) is 5.91 Å². The number of rotatable bonds is 10. The Morgan fingerprint density at radius 2 is 1.73 bits per heavy atom. The summed E-state index contributed by atoms with van der Waals surface area (Å²) in [7, 11) is 0. The summed E-state index contributed by atoms with van der Waals surface area (Å²) >= 11 is 0. The number of aromatic nitrogens is 3. The van der Waals surface area contributed by atoms with Gasteiger partial charge in [-0.1, -0.05) is 30.3 Å². The maximum Gasteiger partial charge on any atom is 0.251 e. The molecule has 2 heterocycles. The molecule has 170 valence electrons. The van der Waals surface area contributed by atoms with Gasteiger partial charge in [-0.3, -0.25) is 9.78 Å². The molecule has 0 atom stereocenters. The first kappa shape index (κ1) is 22.5. The lowest BCUT2D eigenvalue weighted by molar-refractivity contribution is 0.0954. The molecule has 0 unspecified atom stereocenters. The molecule has 4 rings (SSSR count). The monoisotopic (exact) mass is 442 g/mol. The van der Waals surface area contributed by atoms with Gasteiger partial charge in [0.05, 0.1) is 17.6 Å². The number of hydrogen-bond donors (Lipinski definition) is 1. The topological polar surface area (TPSA) is 69.0 Å². The minimum Gasteiger partial charge on any atom is -0.493 e. The molecule has 0 aliphatic carbocycles. The Balaban J connectivity index is 1.34. The highest BCUT2D eigenvalue weighted by Gasteiger charge is 2.11. The van der Waals surface area contributed by atoms with E-state index in [9.17, 15) is 4.79 Å². The van der Waals surface area contributed by atoms with Crippen LogP contribution in [0.25, 0.3) is 11.0 Å². The van der Waals surface area contributed by atoms with Gasteiger partial charge in [0.1, 0.15) is 11.6 Å². The Morgan fingerprint density at radius 3 is 2.52 bits per heavy atom. The summed E-state index contributed by atoms with van der Waals surface area (Å²) in [5, 5.41) is 2.98. The fourth-order valence-electron chi connectivity index (χ4n) is 4.03. The Morgan fingerprint density at radius 1 is 0.970 bits per heavy atom. The molecule has 4 aromatic rings. The molecule has 0 aliphatic heterocycles. The number of unbranched alkanes of at least 4 members (excludes halogenated alkanes) is 1. The van der Waals surface area contributed by atoms with E-state index < -0.39 is 0 Å². The van der Waals surface area contributed by atoms with Crippen molar-refractivity contribution in [1.82, 2.24) is 19.9 Å². The fourth-order valence-corrected chi connectivity index (χ4v) is 4.03. The number of carbonyl (C=O) groups is 1. The number of para-hydroxylation sites is 3. The zero-order chi connectivity index (χ0) is 23.0. The van der Waals surface area contributed by atoms with Gasteiger partial charge in [-0.2, -0.15) is 0 Å². The second kappa shape index (κ2) is 10.8. The van der Waals surface area contributed by atoms with Crippen LogP contribution in [0.3, 0.4) is 0 Å². The van der Waals surface area contributed by atoms with E-state index >= 15 is 0 Å². The predicted molar refractivity (Wildman–Crippen MR) is 131 cm³/mol. The molecular formula is C27H30N4O2. The largest absolute Gasteiger partial charge is 0.493 e. The average molecular weight is 443 g/mol. The molecule has 0 saturated heterocycles. The first-order valence-corrected chi connectivity index (χ1v) is 11.4. The van der Waals surface area contributed by atoms with Crippen LogP contribution in [0.5, 0.6) is 5.75 Å². The van der Waals surface area contributed by atoms with Crippen molar-refractivity contribution < 1.29 is 9.53 Å². The Bertz CT molecular complexity index is 1200.